The maximum atomic E-state index is 11.8. The van der Waals surface area contributed by atoms with Gasteiger partial charge in [0.2, 0.25) is 0 Å². The number of aromatic nitrogens is 2. The predicted molar refractivity (Wildman–Crippen MR) is 70.8 cm³/mol. The monoisotopic (exact) mass is 261 g/mol. The first-order chi connectivity index (χ1) is 9.24. The van der Waals surface area contributed by atoms with Crippen molar-refractivity contribution in [3.8, 4) is 11.5 Å². The molecule has 0 atom stereocenters. The van der Waals surface area contributed by atoms with Crippen molar-refractivity contribution in [2.75, 3.05) is 19.0 Å². The van der Waals surface area contributed by atoms with E-state index in [1.54, 1.807) is 37.7 Å². The van der Waals surface area contributed by atoms with Gasteiger partial charge in [0, 0.05) is 24.1 Å². The van der Waals surface area contributed by atoms with Crippen molar-refractivity contribution in [3.63, 3.8) is 0 Å². The molecule has 0 spiro atoms. The van der Waals surface area contributed by atoms with Crippen LogP contribution in [0, 0.1) is 0 Å². The Labute approximate surface area is 111 Å². The standard InChI is InChI=1S/C13H15N3O3/c1-3-19-11-5-4-10(8-12(11)18-2)15-13(17)16-7-6-14-9-16/h4-9H,3H2,1-2H3,(H,15,17). The number of carbonyl (C=O) groups is 1. The topological polar surface area (TPSA) is 65.4 Å². The first kappa shape index (κ1) is 12.9. The van der Waals surface area contributed by atoms with E-state index in [1.165, 1.54) is 10.9 Å². The van der Waals surface area contributed by atoms with Crippen LogP contribution in [0.25, 0.3) is 0 Å². The molecule has 0 unspecified atom stereocenters. The first-order valence-electron chi connectivity index (χ1n) is 5.84. The van der Waals surface area contributed by atoms with Gasteiger partial charge in [-0.3, -0.25) is 4.57 Å². The van der Waals surface area contributed by atoms with E-state index in [0.29, 0.717) is 23.8 Å². The van der Waals surface area contributed by atoms with Gasteiger partial charge in [0.1, 0.15) is 6.33 Å². The highest BCUT2D eigenvalue weighted by molar-refractivity contribution is 5.91. The summed E-state index contributed by atoms with van der Waals surface area (Å²) in [4.78, 5) is 15.6. The van der Waals surface area contributed by atoms with E-state index in [4.69, 9.17) is 9.47 Å². The average Bonchev–Trinajstić information content (AvgIpc) is 2.94. The van der Waals surface area contributed by atoms with Gasteiger partial charge in [0.05, 0.1) is 13.7 Å². The fourth-order valence-corrected chi connectivity index (χ4v) is 1.59. The Balaban J connectivity index is 2.15. The van der Waals surface area contributed by atoms with Crippen LogP contribution in [0.3, 0.4) is 0 Å². The summed E-state index contributed by atoms with van der Waals surface area (Å²) in [6.07, 6.45) is 4.54. The minimum Gasteiger partial charge on any atom is -0.493 e. The molecule has 0 saturated carbocycles. The van der Waals surface area contributed by atoms with E-state index < -0.39 is 0 Å². The van der Waals surface area contributed by atoms with Crippen molar-refractivity contribution in [1.82, 2.24) is 9.55 Å². The first-order valence-corrected chi connectivity index (χ1v) is 5.84. The summed E-state index contributed by atoms with van der Waals surface area (Å²) in [7, 11) is 1.55. The number of amides is 1. The van der Waals surface area contributed by atoms with Crippen LogP contribution in [0.1, 0.15) is 6.92 Å². The van der Waals surface area contributed by atoms with E-state index in [9.17, 15) is 4.79 Å². The molecule has 6 heteroatoms. The highest BCUT2D eigenvalue weighted by atomic mass is 16.5. The SMILES string of the molecule is CCOc1ccc(NC(=O)n2ccnc2)cc1OC. The number of ether oxygens (including phenoxy) is 2. The largest absolute Gasteiger partial charge is 0.493 e. The molecule has 0 fully saturated rings. The highest BCUT2D eigenvalue weighted by Crippen LogP contribution is 2.30. The lowest BCUT2D eigenvalue weighted by atomic mass is 10.2. The molecule has 2 aromatic rings. The van der Waals surface area contributed by atoms with Gasteiger partial charge in [-0.25, -0.2) is 9.78 Å². The molecule has 0 aliphatic rings. The Kier molecular flexibility index (Phi) is 4.02. The Hall–Kier alpha value is -2.50. The van der Waals surface area contributed by atoms with Crippen LogP contribution in [-0.4, -0.2) is 29.3 Å². The Morgan fingerprint density at radius 2 is 2.26 bits per heavy atom. The number of rotatable bonds is 4. The summed E-state index contributed by atoms with van der Waals surface area (Å²) in [5.74, 6) is 1.22. The van der Waals surface area contributed by atoms with Gasteiger partial charge in [0.25, 0.3) is 0 Å². The van der Waals surface area contributed by atoms with Gasteiger partial charge >= 0.3 is 6.03 Å². The van der Waals surface area contributed by atoms with Crippen molar-refractivity contribution in [3.05, 3.63) is 36.9 Å². The lowest BCUT2D eigenvalue weighted by molar-refractivity contribution is 0.253. The number of nitrogens with one attached hydrogen (secondary N) is 1. The second-order valence-electron chi connectivity index (χ2n) is 3.70. The summed E-state index contributed by atoms with van der Waals surface area (Å²) in [5.41, 5.74) is 0.624. The van der Waals surface area contributed by atoms with E-state index in [2.05, 4.69) is 10.3 Å². The molecule has 1 N–H and O–H groups in total. The molecule has 6 nitrogen and oxygen atoms in total. The zero-order chi connectivity index (χ0) is 13.7. The van der Waals surface area contributed by atoms with Crippen LogP contribution in [0.4, 0.5) is 10.5 Å². The molecule has 0 saturated heterocycles. The normalized spacial score (nSPS) is 10.0. The van der Waals surface area contributed by atoms with Gasteiger partial charge in [-0.15, -0.1) is 0 Å². The fraction of sp³-hybridized carbons (Fsp3) is 0.231. The van der Waals surface area contributed by atoms with Crippen LogP contribution in [0.15, 0.2) is 36.9 Å². The molecular weight excluding hydrogens is 246 g/mol. The Morgan fingerprint density at radius 1 is 1.42 bits per heavy atom. The van der Waals surface area contributed by atoms with Crippen LogP contribution in [-0.2, 0) is 0 Å². The molecule has 0 aliphatic heterocycles. The molecule has 2 rings (SSSR count). The van der Waals surface area contributed by atoms with E-state index in [-0.39, 0.29) is 6.03 Å². The number of hydrogen-bond donors (Lipinski definition) is 1. The van der Waals surface area contributed by atoms with Gasteiger partial charge in [-0.05, 0) is 19.1 Å². The van der Waals surface area contributed by atoms with Crippen molar-refractivity contribution in [1.29, 1.82) is 0 Å². The quantitative estimate of drug-likeness (QED) is 0.917. The smallest absolute Gasteiger partial charge is 0.331 e. The minimum absolute atomic E-state index is 0.288. The molecule has 0 radical (unpaired) electrons. The van der Waals surface area contributed by atoms with Crippen LogP contribution < -0.4 is 14.8 Å². The number of imidazole rings is 1. The van der Waals surface area contributed by atoms with E-state index in [0.717, 1.165) is 0 Å². The number of carbonyl (C=O) groups excluding carboxylic acids is 1. The number of nitrogens with zero attached hydrogens (tertiary/aromatic N) is 2. The summed E-state index contributed by atoms with van der Waals surface area (Å²) in [6, 6.07) is 4.93. The molecule has 1 aromatic heterocycles. The maximum Gasteiger partial charge on any atom is 0.331 e. The molecule has 0 bridgehead atoms. The van der Waals surface area contributed by atoms with Gasteiger partial charge in [-0.2, -0.15) is 0 Å². The maximum absolute atomic E-state index is 11.8. The van der Waals surface area contributed by atoms with Crippen LogP contribution in [0.5, 0.6) is 11.5 Å². The van der Waals surface area contributed by atoms with Gasteiger partial charge in [-0.1, -0.05) is 0 Å². The number of benzene rings is 1. The lowest BCUT2D eigenvalue weighted by Gasteiger charge is -2.11. The molecule has 1 heterocycles. The van der Waals surface area contributed by atoms with Crippen LogP contribution in [0.2, 0.25) is 0 Å². The summed E-state index contributed by atoms with van der Waals surface area (Å²) < 4.78 is 12.0. The average molecular weight is 261 g/mol. The summed E-state index contributed by atoms with van der Waals surface area (Å²) >= 11 is 0. The summed E-state index contributed by atoms with van der Waals surface area (Å²) in [5, 5.41) is 2.74. The molecule has 1 amide bonds. The van der Waals surface area contributed by atoms with Crippen LogP contribution >= 0.6 is 0 Å². The van der Waals surface area contributed by atoms with Crippen molar-refractivity contribution in [2.24, 2.45) is 0 Å². The summed E-state index contributed by atoms with van der Waals surface area (Å²) in [6.45, 7) is 2.45. The second kappa shape index (κ2) is 5.90. The predicted octanol–water partition coefficient (Wildman–Crippen LogP) is 2.37. The molecule has 0 aliphatic carbocycles. The van der Waals surface area contributed by atoms with Crippen molar-refractivity contribution in [2.45, 2.75) is 6.92 Å². The Morgan fingerprint density at radius 3 is 2.89 bits per heavy atom. The third-order valence-electron chi connectivity index (χ3n) is 2.45. The molecular formula is C13H15N3O3. The van der Waals surface area contributed by atoms with Gasteiger partial charge in [0.15, 0.2) is 11.5 Å². The van der Waals surface area contributed by atoms with Gasteiger partial charge < -0.3 is 14.8 Å². The highest BCUT2D eigenvalue weighted by Gasteiger charge is 2.08. The zero-order valence-corrected chi connectivity index (χ0v) is 10.8. The minimum atomic E-state index is -0.288. The second-order valence-corrected chi connectivity index (χ2v) is 3.70. The number of anilines is 1. The van der Waals surface area contributed by atoms with E-state index >= 15 is 0 Å². The van der Waals surface area contributed by atoms with Crippen molar-refractivity contribution < 1.29 is 14.3 Å². The third-order valence-corrected chi connectivity index (χ3v) is 2.45. The lowest BCUT2D eigenvalue weighted by Crippen LogP contribution is -2.17. The molecule has 100 valence electrons. The molecule has 1 aromatic carbocycles. The number of hydrogen-bond acceptors (Lipinski definition) is 4. The van der Waals surface area contributed by atoms with Crippen molar-refractivity contribution >= 4 is 11.7 Å². The van der Waals surface area contributed by atoms with E-state index in [1.807, 2.05) is 6.92 Å². The zero-order valence-electron chi connectivity index (χ0n) is 10.8. The third kappa shape index (κ3) is 3.04. The Bertz CT molecular complexity index is 552. The number of methoxy groups -OCH3 is 1. The fourth-order valence-electron chi connectivity index (χ4n) is 1.59. The molecule has 19 heavy (non-hydrogen) atoms.